The number of rotatable bonds is 3. The predicted octanol–water partition coefficient (Wildman–Crippen LogP) is 3.65. The van der Waals surface area contributed by atoms with E-state index in [2.05, 4.69) is 6.92 Å². The molecule has 3 atom stereocenters. The number of ketones is 2. The minimum Gasteiger partial charge on any atom is -0.300 e. The maximum Gasteiger partial charge on any atom is 0.165 e. The van der Waals surface area contributed by atoms with Crippen LogP contribution in [0.4, 0.5) is 4.39 Å². The highest BCUT2D eigenvalue weighted by atomic mass is 19.1. The first-order valence-corrected chi connectivity index (χ1v) is 6.77. The van der Waals surface area contributed by atoms with Gasteiger partial charge < -0.3 is 0 Å². The summed E-state index contributed by atoms with van der Waals surface area (Å²) in [5.41, 5.74) is 0.544. The maximum absolute atomic E-state index is 12.9. The summed E-state index contributed by atoms with van der Waals surface area (Å²) in [6.45, 7) is 3.68. The molecule has 1 fully saturated rings. The Morgan fingerprint density at radius 1 is 1.05 bits per heavy atom. The normalized spacial score (nSPS) is 27.0. The highest BCUT2D eigenvalue weighted by Crippen LogP contribution is 2.35. The lowest BCUT2D eigenvalue weighted by molar-refractivity contribution is -0.122. The van der Waals surface area contributed by atoms with E-state index in [4.69, 9.17) is 0 Å². The molecule has 1 unspecified atom stereocenters. The van der Waals surface area contributed by atoms with Gasteiger partial charge in [-0.2, -0.15) is 0 Å². The van der Waals surface area contributed by atoms with E-state index in [9.17, 15) is 14.0 Å². The molecule has 0 N–H and O–H groups in total. The first kappa shape index (κ1) is 13.9. The minimum absolute atomic E-state index is 0.00171. The minimum atomic E-state index is -0.338. The largest absolute Gasteiger partial charge is 0.300 e. The van der Waals surface area contributed by atoms with Crippen LogP contribution < -0.4 is 0 Å². The SMILES string of the molecule is CC(=O)[C@H]1CC(C(=O)c2ccc(F)cc2)C[C@@H](C)C1. The molecule has 2 nitrogen and oxygen atoms in total. The van der Waals surface area contributed by atoms with E-state index < -0.39 is 0 Å². The van der Waals surface area contributed by atoms with Crippen molar-refractivity contribution in [3.05, 3.63) is 35.6 Å². The summed E-state index contributed by atoms with van der Waals surface area (Å²) in [6.07, 6.45) is 2.33. The molecule has 1 aromatic carbocycles. The molecule has 1 saturated carbocycles. The molecular formula is C16H19FO2. The summed E-state index contributed by atoms with van der Waals surface area (Å²) in [5, 5.41) is 0. The quantitative estimate of drug-likeness (QED) is 0.779. The fraction of sp³-hybridized carbons (Fsp3) is 0.500. The fourth-order valence-electron chi connectivity index (χ4n) is 3.00. The highest BCUT2D eigenvalue weighted by molar-refractivity contribution is 5.98. The van der Waals surface area contributed by atoms with Gasteiger partial charge in [-0.3, -0.25) is 9.59 Å². The average molecular weight is 262 g/mol. The van der Waals surface area contributed by atoms with Gasteiger partial charge in [0.15, 0.2) is 5.78 Å². The molecule has 3 heteroatoms. The van der Waals surface area contributed by atoms with Crippen LogP contribution in [-0.2, 0) is 4.79 Å². The Balaban J connectivity index is 2.14. The zero-order valence-electron chi connectivity index (χ0n) is 11.4. The molecule has 102 valence electrons. The Morgan fingerprint density at radius 3 is 2.21 bits per heavy atom. The van der Waals surface area contributed by atoms with Gasteiger partial charge in [-0.15, -0.1) is 0 Å². The first-order valence-electron chi connectivity index (χ1n) is 6.77. The summed E-state index contributed by atoms with van der Waals surface area (Å²) >= 11 is 0. The van der Waals surface area contributed by atoms with E-state index in [1.807, 2.05) is 0 Å². The number of carbonyl (C=O) groups excluding carboxylic acids is 2. The Hall–Kier alpha value is -1.51. The van der Waals surface area contributed by atoms with Gasteiger partial charge in [0.1, 0.15) is 11.6 Å². The number of carbonyl (C=O) groups is 2. The third kappa shape index (κ3) is 3.28. The van der Waals surface area contributed by atoms with Gasteiger partial charge >= 0.3 is 0 Å². The zero-order valence-corrected chi connectivity index (χ0v) is 11.4. The smallest absolute Gasteiger partial charge is 0.165 e. The Morgan fingerprint density at radius 2 is 1.63 bits per heavy atom. The van der Waals surface area contributed by atoms with Crippen molar-refractivity contribution in [3.8, 4) is 0 Å². The van der Waals surface area contributed by atoms with Crippen LogP contribution >= 0.6 is 0 Å². The Bertz CT molecular complexity index is 478. The molecule has 0 heterocycles. The van der Waals surface area contributed by atoms with E-state index in [-0.39, 0.29) is 29.2 Å². The fourth-order valence-corrected chi connectivity index (χ4v) is 3.00. The number of halogens is 1. The number of hydrogen-bond donors (Lipinski definition) is 0. The molecule has 19 heavy (non-hydrogen) atoms. The molecule has 0 radical (unpaired) electrons. The van der Waals surface area contributed by atoms with Gasteiger partial charge in [0.05, 0.1) is 0 Å². The monoisotopic (exact) mass is 262 g/mol. The molecule has 0 spiro atoms. The summed E-state index contributed by atoms with van der Waals surface area (Å²) in [7, 11) is 0. The Labute approximate surface area is 113 Å². The second-order valence-corrected chi connectivity index (χ2v) is 5.69. The van der Waals surface area contributed by atoms with Crippen molar-refractivity contribution in [2.24, 2.45) is 17.8 Å². The van der Waals surface area contributed by atoms with E-state index in [0.717, 1.165) is 12.8 Å². The van der Waals surface area contributed by atoms with Gasteiger partial charge in [-0.1, -0.05) is 6.92 Å². The molecule has 0 amide bonds. The number of benzene rings is 1. The summed E-state index contributed by atoms with van der Waals surface area (Å²) in [4.78, 5) is 23.9. The standard InChI is InChI=1S/C16H19FO2/c1-10-7-13(11(2)18)9-14(8-10)16(19)12-3-5-15(17)6-4-12/h3-6,10,13-14H,7-9H2,1-2H3/t10-,13+,14?/m0/s1. The lowest BCUT2D eigenvalue weighted by Crippen LogP contribution is -2.30. The van der Waals surface area contributed by atoms with Crippen molar-refractivity contribution in [1.82, 2.24) is 0 Å². The maximum atomic E-state index is 12.9. The van der Waals surface area contributed by atoms with E-state index >= 15 is 0 Å². The lowest BCUT2D eigenvalue weighted by Gasteiger charge is -2.31. The van der Waals surface area contributed by atoms with E-state index in [0.29, 0.717) is 17.9 Å². The molecule has 0 saturated heterocycles. The van der Waals surface area contributed by atoms with Gasteiger partial charge in [0.25, 0.3) is 0 Å². The average Bonchev–Trinajstić information content (AvgIpc) is 2.38. The van der Waals surface area contributed by atoms with Gasteiger partial charge in [-0.05, 0) is 56.4 Å². The molecule has 1 aromatic rings. The Kier molecular flexibility index (Phi) is 4.13. The summed E-state index contributed by atoms with van der Waals surface area (Å²) in [6, 6.07) is 5.67. The third-order valence-electron chi connectivity index (χ3n) is 4.02. The molecule has 1 aliphatic rings. The van der Waals surface area contributed by atoms with Crippen LogP contribution in [0.25, 0.3) is 0 Å². The highest BCUT2D eigenvalue weighted by Gasteiger charge is 2.33. The second-order valence-electron chi connectivity index (χ2n) is 5.69. The molecule has 0 aromatic heterocycles. The van der Waals surface area contributed by atoms with Crippen molar-refractivity contribution < 1.29 is 14.0 Å². The third-order valence-corrected chi connectivity index (χ3v) is 4.02. The molecule has 0 bridgehead atoms. The van der Waals surface area contributed by atoms with Crippen LogP contribution in [0.1, 0.15) is 43.5 Å². The number of Topliss-reactive ketones (excluding diaryl/α,β-unsaturated/α-hetero) is 2. The van der Waals surface area contributed by atoms with Crippen LogP contribution in [0.2, 0.25) is 0 Å². The van der Waals surface area contributed by atoms with Gasteiger partial charge in [-0.25, -0.2) is 4.39 Å². The van der Waals surface area contributed by atoms with Crippen LogP contribution in [0, 0.1) is 23.6 Å². The topological polar surface area (TPSA) is 34.1 Å². The van der Waals surface area contributed by atoms with Crippen LogP contribution in [0.3, 0.4) is 0 Å². The van der Waals surface area contributed by atoms with Crippen molar-refractivity contribution >= 4 is 11.6 Å². The van der Waals surface area contributed by atoms with Crippen molar-refractivity contribution in [1.29, 1.82) is 0 Å². The lowest BCUT2D eigenvalue weighted by atomic mass is 9.72. The summed E-state index contributed by atoms with van der Waals surface area (Å²) < 4.78 is 12.9. The van der Waals surface area contributed by atoms with E-state index in [1.54, 1.807) is 6.92 Å². The van der Waals surface area contributed by atoms with Gasteiger partial charge in [0, 0.05) is 17.4 Å². The summed E-state index contributed by atoms with van der Waals surface area (Å²) in [5.74, 6) is 0.148. The molecular weight excluding hydrogens is 243 g/mol. The second kappa shape index (κ2) is 5.64. The van der Waals surface area contributed by atoms with Crippen molar-refractivity contribution in [3.63, 3.8) is 0 Å². The predicted molar refractivity (Wildman–Crippen MR) is 71.4 cm³/mol. The zero-order chi connectivity index (χ0) is 14.0. The van der Waals surface area contributed by atoms with Gasteiger partial charge in [0.2, 0.25) is 0 Å². The first-order chi connectivity index (χ1) is 8.97. The number of hydrogen-bond acceptors (Lipinski definition) is 2. The van der Waals surface area contributed by atoms with Crippen LogP contribution in [-0.4, -0.2) is 11.6 Å². The van der Waals surface area contributed by atoms with E-state index in [1.165, 1.54) is 24.3 Å². The van der Waals surface area contributed by atoms with Crippen molar-refractivity contribution in [2.75, 3.05) is 0 Å². The van der Waals surface area contributed by atoms with Crippen LogP contribution in [0.5, 0.6) is 0 Å². The van der Waals surface area contributed by atoms with Crippen molar-refractivity contribution in [2.45, 2.75) is 33.1 Å². The molecule has 1 aliphatic carbocycles. The molecule has 0 aliphatic heterocycles. The van der Waals surface area contributed by atoms with Crippen LogP contribution in [0.15, 0.2) is 24.3 Å². The molecule has 2 rings (SSSR count).